The van der Waals surface area contributed by atoms with E-state index < -0.39 is 5.60 Å². The first-order chi connectivity index (χ1) is 7.78. The molecule has 0 radical (unpaired) electrons. The van der Waals surface area contributed by atoms with Crippen LogP contribution in [0.25, 0.3) is 0 Å². The Morgan fingerprint density at radius 1 is 1.35 bits per heavy atom. The van der Waals surface area contributed by atoms with Gasteiger partial charge in [0.05, 0.1) is 17.5 Å². The number of anilines is 1. The van der Waals surface area contributed by atoms with Gasteiger partial charge in [0.1, 0.15) is 0 Å². The molecule has 1 heterocycles. The maximum absolute atomic E-state index is 9.96. The number of nitrogen functional groups attached to an aromatic ring is 1. The summed E-state index contributed by atoms with van der Waals surface area (Å²) in [5.41, 5.74) is 6.68. The smallest absolute Gasteiger partial charge is 0.0598 e. The number of hydrogen-bond donors (Lipinski definition) is 2. The van der Waals surface area contributed by atoms with Gasteiger partial charge in [-0.1, -0.05) is 13.8 Å². The molecule has 0 amide bonds. The fourth-order valence-corrected chi connectivity index (χ4v) is 2.14. The first kappa shape index (κ1) is 14.0. The van der Waals surface area contributed by atoms with E-state index in [0.717, 1.165) is 18.5 Å². The van der Waals surface area contributed by atoms with Crippen LogP contribution >= 0.6 is 0 Å². The monoisotopic (exact) mass is 236 g/mol. The molecule has 3 heteroatoms. The van der Waals surface area contributed by atoms with Crippen LogP contribution in [0.2, 0.25) is 0 Å². The second-order valence-electron chi connectivity index (χ2n) is 5.86. The van der Waals surface area contributed by atoms with Crippen molar-refractivity contribution in [2.75, 3.05) is 5.73 Å². The Hall–Kier alpha value is -1.09. The zero-order chi connectivity index (χ0) is 13.1. The molecule has 1 rings (SSSR count). The van der Waals surface area contributed by atoms with E-state index in [-0.39, 0.29) is 5.92 Å². The number of aliphatic hydroxyl groups is 1. The molecule has 1 unspecified atom stereocenters. The second-order valence-corrected chi connectivity index (χ2v) is 5.86. The summed E-state index contributed by atoms with van der Waals surface area (Å²) in [6.07, 6.45) is 3.44. The quantitative estimate of drug-likeness (QED) is 0.826. The third-order valence-corrected chi connectivity index (χ3v) is 2.73. The van der Waals surface area contributed by atoms with Gasteiger partial charge < -0.3 is 10.8 Å². The van der Waals surface area contributed by atoms with Crippen molar-refractivity contribution in [2.24, 2.45) is 5.92 Å². The van der Waals surface area contributed by atoms with Crippen LogP contribution in [0.5, 0.6) is 0 Å². The van der Waals surface area contributed by atoms with Crippen molar-refractivity contribution in [1.82, 2.24) is 4.98 Å². The summed E-state index contributed by atoms with van der Waals surface area (Å²) in [5, 5.41) is 9.96. The highest BCUT2D eigenvalue weighted by molar-refractivity contribution is 5.35. The van der Waals surface area contributed by atoms with Crippen LogP contribution in [0.15, 0.2) is 18.3 Å². The van der Waals surface area contributed by atoms with E-state index in [1.54, 1.807) is 6.20 Å². The van der Waals surface area contributed by atoms with E-state index in [0.29, 0.717) is 11.6 Å². The Balaban J connectivity index is 2.85. The van der Waals surface area contributed by atoms with E-state index in [1.165, 1.54) is 0 Å². The molecule has 1 atom stereocenters. The van der Waals surface area contributed by atoms with Gasteiger partial charge in [0, 0.05) is 11.6 Å². The van der Waals surface area contributed by atoms with Gasteiger partial charge in [-0.05, 0) is 44.7 Å². The van der Waals surface area contributed by atoms with Gasteiger partial charge in [-0.15, -0.1) is 0 Å². The molecule has 0 aliphatic carbocycles. The van der Waals surface area contributed by atoms with Crippen LogP contribution in [-0.4, -0.2) is 15.7 Å². The Labute approximate surface area is 104 Å². The normalized spacial score (nSPS) is 14.0. The van der Waals surface area contributed by atoms with Crippen molar-refractivity contribution in [3.05, 3.63) is 24.0 Å². The number of nitrogens with two attached hydrogens (primary N) is 1. The lowest BCUT2D eigenvalue weighted by Gasteiger charge is -2.26. The van der Waals surface area contributed by atoms with Gasteiger partial charge in [0.15, 0.2) is 0 Å². The van der Waals surface area contributed by atoms with Crippen molar-refractivity contribution in [2.45, 2.75) is 52.1 Å². The molecule has 17 heavy (non-hydrogen) atoms. The van der Waals surface area contributed by atoms with Crippen LogP contribution in [0.1, 0.15) is 52.1 Å². The largest absolute Gasteiger partial charge is 0.397 e. The average Bonchev–Trinajstić information content (AvgIpc) is 2.14. The van der Waals surface area contributed by atoms with Gasteiger partial charge in [-0.25, -0.2) is 0 Å². The average molecular weight is 236 g/mol. The summed E-state index contributed by atoms with van der Waals surface area (Å²) < 4.78 is 0. The Morgan fingerprint density at radius 3 is 2.41 bits per heavy atom. The standard InChI is InChI=1S/C14H24N2O/c1-10(2)7-11(8-14(3,4)17)13-6-5-12(15)9-16-13/h5-6,9-11,17H,7-8,15H2,1-4H3. The molecular formula is C14H24N2O. The zero-order valence-corrected chi connectivity index (χ0v) is 11.3. The minimum atomic E-state index is -0.664. The lowest BCUT2D eigenvalue weighted by Crippen LogP contribution is -2.23. The molecular weight excluding hydrogens is 212 g/mol. The van der Waals surface area contributed by atoms with Gasteiger partial charge in [0.25, 0.3) is 0 Å². The van der Waals surface area contributed by atoms with E-state index in [4.69, 9.17) is 5.73 Å². The maximum Gasteiger partial charge on any atom is 0.0598 e. The van der Waals surface area contributed by atoms with Crippen LogP contribution in [0, 0.1) is 5.92 Å². The predicted octanol–water partition coefficient (Wildman–Crippen LogP) is 2.95. The highest BCUT2D eigenvalue weighted by Gasteiger charge is 2.23. The predicted molar refractivity (Wildman–Crippen MR) is 71.8 cm³/mol. The minimum absolute atomic E-state index is 0.288. The summed E-state index contributed by atoms with van der Waals surface area (Å²) >= 11 is 0. The fraction of sp³-hybridized carbons (Fsp3) is 0.643. The number of hydrogen-bond acceptors (Lipinski definition) is 3. The van der Waals surface area contributed by atoms with Crippen LogP contribution in [0.3, 0.4) is 0 Å². The second kappa shape index (κ2) is 5.50. The summed E-state index contributed by atoms with van der Waals surface area (Å²) in [7, 11) is 0. The topological polar surface area (TPSA) is 59.1 Å². The minimum Gasteiger partial charge on any atom is -0.397 e. The molecule has 1 aromatic rings. The molecule has 0 spiro atoms. The summed E-state index contributed by atoms with van der Waals surface area (Å²) in [4.78, 5) is 4.38. The molecule has 0 aliphatic heterocycles. The molecule has 0 saturated carbocycles. The number of rotatable bonds is 5. The Morgan fingerprint density at radius 2 is 2.00 bits per heavy atom. The molecule has 0 aliphatic rings. The van der Waals surface area contributed by atoms with Crippen molar-refractivity contribution >= 4 is 5.69 Å². The molecule has 0 aromatic carbocycles. The maximum atomic E-state index is 9.96. The Bertz CT molecular complexity index is 338. The van der Waals surface area contributed by atoms with E-state index >= 15 is 0 Å². The molecule has 0 bridgehead atoms. The lowest BCUT2D eigenvalue weighted by molar-refractivity contribution is 0.0601. The van der Waals surface area contributed by atoms with Crippen molar-refractivity contribution in [1.29, 1.82) is 0 Å². The van der Waals surface area contributed by atoms with Gasteiger partial charge in [-0.3, -0.25) is 4.98 Å². The molecule has 0 saturated heterocycles. The van der Waals surface area contributed by atoms with E-state index in [2.05, 4.69) is 18.8 Å². The SMILES string of the molecule is CC(C)CC(CC(C)(C)O)c1ccc(N)cn1. The number of aromatic nitrogens is 1. The molecule has 0 fully saturated rings. The highest BCUT2D eigenvalue weighted by Crippen LogP contribution is 2.30. The summed E-state index contributed by atoms with van der Waals surface area (Å²) in [6, 6.07) is 3.84. The van der Waals surface area contributed by atoms with Crippen molar-refractivity contribution < 1.29 is 5.11 Å². The highest BCUT2D eigenvalue weighted by atomic mass is 16.3. The first-order valence-electron chi connectivity index (χ1n) is 6.22. The van der Waals surface area contributed by atoms with Crippen molar-refractivity contribution in [3.8, 4) is 0 Å². The van der Waals surface area contributed by atoms with Gasteiger partial charge in [0.2, 0.25) is 0 Å². The third-order valence-electron chi connectivity index (χ3n) is 2.73. The molecule has 1 aromatic heterocycles. The van der Waals surface area contributed by atoms with E-state index in [1.807, 2.05) is 26.0 Å². The van der Waals surface area contributed by atoms with E-state index in [9.17, 15) is 5.11 Å². The summed E-state index contributed by atoms with van der Waals surface area (Å²) in [6.45, 7) is 8.07. The molecule has 96 valence electrons. The molecule has 3 N–H and O–H groups in total. The van der Waals surface area contributed by atoms with Crippen LogP contribution in [0.4, 0.5) is 5.69 Å². The fourth-order valence-electron chi connectivity index (χ4n) is 2.14. The molecule has 3 nitrogen and oxygen atoms in total. The third kappa shape index (κ3) is 5.18. The van der Waals surface area contributed by atoms with Crippen LogP contribution in [-0.2, 0) is 0 Å². The van der Waals surface area contributed by atoms with Crippen LogP contribution < -0.4 is 5.73 Å². The lowest BCUT2D eigenvalue weighted by atomic mass is 9.85. The number of nitrogens with zero attached hydrogens (tertiary/aromatic N) is 1. The Kier molecular flexibility index (Phi) is 4.52. The first-order valence-corrected chi connectivity index (χ1v) is 6.22. The zero-order valence-electron chi connectivity index (χ0n) is 11.3. The van der Waals surface area contributed by atoms with Gasteiger partial charge in [-0.2, -0.15) is 0 Å². The number of pyridine rings is 1. The van der Waals surface area contributed by atoms with Crippen molar-refractivity contribution in [3.63, 3.8) is 0 Å². The van der Waals surface area contributed by atoms with Gasteiger partial charge >= 0.3 is 0 Å². The summed E-state index contributed by atoms with van der Waals surface area (Å²) in [5.74, 6) is 0.873.